The zero-order valence-corrected chi connectivity index (χ0v) is 11.6. The van der Waals surface area contributed by atoms with Crippen molar-refractivity contribution < 1.29 is 4.42 Å². The van der Waals surface area contributed by atoms with Crippen LogP contribution in [-0.4, -0.2) is 4.98 Å². The highest BCUT2D eigenvalue weighted by atomic mass is 79.9. The fourth-order valence-corrected chi connectivity index (χ4v) is 2.66. The van der Waals surface area contributed by atoms with Gasteiger partial charge in [-0.05, 0) is 46.1 Å². The van der Waals surface area contributed by atoms with Crippen molar-refractivity contribution in [3.63, 3.8) is 0 Å². The summed E-state index contributed by atoms with van der Waals surface area (Å²) in [7, 11) is 0. The summed E-state index contributed by atoms with van der Waals surface area (Å²) in [6.07, 6.45) is 0.723. The number of oxazole rings is 1. The molecule has 90 valence electrons. The Morgan fingerprint density at radius 2 is 1.94 bits per heavy atom. The maximum absolute atomic E-state index is 5.80. The van der Waals surface area contributed by atoms with Gasteiger partial charge in [-0.15, -0.1) is 0 Å². The summed E-state index contributed by atoms with van der Waals surface area (Å²) in [6, 6.07) is 14.3. The van der Waals surface area contributed by atoms with Gasteiger partial charge in [-0.2, -0.15) is 0 Å². The molecular formula is C15H12BrNO. The number of hydrogen-bond acceptors (Lipinski definition) is 2. The van der Waals surface area contributed by atoms with Crippen molar-refractivity contribution in [3.8, 4) is 0 Å². The summed E-state index contributed by atoms with van der Waals surface area (Å²) in [5.74, 6) is 0.752. The molecule has 2 nitrogen and oxygen atoms in total. The molecule has 1 aromatic heterocycles. The normalized spacial score (nSPS) is 11.0. The van der Waals surface area contributed by atoms with Gasteiger partial charge in [0.05, 0.1) is 4.47 Å². The Balaban J connectivity index is 2.01. The Morgan fingerprint density at radius 1 is 1.17 bits per heavy atom. The Labute approximate surface area is 114 Å². The van der Waals surface area contributed by atoms with E-state index in [9.17, 15) is 0 Å². The zero-order valence-electron chi connectivity index (χ0n) is 9.98. The minimum absolute atomic E-state index is 0.723. The van der Waals surface area contributed by atoms with E-state index in [1.165, 1.54) is 11.1 Å². The second kappa shape index (κ2) is 4.58. The minimum atomic E-state index is 0.723. The lowest BCUT2D eigenvalue weighted by Crippen LogP contribution is -1.86. The number of benzene rings is 2. The van der Waals surface area contributed by atoms with Crippen molar-refractivity contribution in [2.24, 2.45) is 0 Å². The fraction of sp³-hybridized carbons (Fsp3) is 0.133. The Morgan fingerprint density at radius 3 is 2.72 bits per heavy atom. The molecule has 1 heterocycles. The summed E-state index contributed by atoms with van der Waals surface area (Å²) in [5.41, 5.74) is 4.12. The van der Waals surface area contributed by atoms with Crippen LogP contribution in [0.3, 0.4) is 0 Å². The average molecular weight is 302 g/mol. The number of nitrogens with zero attached hydrogens (tertiary/aromatic N) is 1. The van der Waals surface area contributed by atoms with Gasteiger partial charge in [0.25, 0.3) is 0 Å². The van der Waals surface area contributed by atoms with Crippen molar-refractivity contribution in [1.29, 1.82) is 0 Å². The van der Waals surface area contributed by atoms with Crippen LogP contribution in [0.4, 0.5) is 0 Å². The van der Waals surface area contributed by atoms with E-state index in [0.29, 0.717) is 0 Å². The second-order valence-electron chi connectivity index (χ2n) is 4.36. The summed E-state index contributed by atoms with van der Waals surface area (Å²) < 4.78 is 6.76. The van der Waals surface area contributed by atoms with Crippen LogP contribution < -0.4 is 0 Å². The van der Waals surface area contributed by atoms with Crippen molar-refractivity contribution in [1.82, 2.24) is 4.98 Å². The molecule has 0 saturated heterocycles. The SMILES string of the molecule is Cc1cc(Br)c2oc(Cc3ccccc3)nc2c1. The Kier molecular flexibility index (Phi) is 2.92. The first-order chi connectivity index (χ1) is 8.72. The van der Waals surface area contributed by atoms with Crippen LogP contribution in [0.25, 0.3) is 11.1 Å². The van der Waals surface area contributed by atoms with Crippen molar-refractivity contribution >= 4 is 27.0 Å². The lowest BCUT2D eigenvalue weighted by atomic mass is 10.1. The third kappa shape index (κ3) is 2.18. The van der Waals surface area contributed by atoms with Gasteiger partial charge in [0, 0.05) is 6.42 Å². The number of rotatable bonds is 2. The third-order valence-corrected chi connectivity index (χ3v) is 3.42. The predicted molar refractivity (Wildman–Crippen MR) is 75.7 cm³/mol. The molecule has 0 atom stereocenters. The molecule has 0 bridgehead atoms. The molecule has 0 saturated carbocycles. The van der Waals surface area contributed by atoms with E-state index < -0.39 is 0 Å². The standard InChI is InChI=1S/C15H12BrNO/c1-10-7-12(16)15-13(8-10)17-14(18-15)9-11-5-3-2-4-6-11/h2-8H,9H2,1H3. The average Bonchev–Trinajstić information content (AvgIpc) is 2.73. The van der Waals surface area contributed by atoms with Crippen LogP contribution in [0, 0.1) is 6.92 Å². The lowest BCUT2D eigenvalue weighted by molar-refractivity contribution is 0.543. The molecule has 3 aromatic rings. The monoisotopic (exact) mass is 301 g/mol. The molecule has 0 aliphatic carbocycles. The maximum atomic E-state index is 5.80. The van der Waals surface area contributed by atoms with Crippen molar-refractivity contribution in [2.45, 2.75) is 13.3 Å². The van der Waals surface area contributed by atoms with Crippen LogP contribution in [0.1, 0.15) is 17.0 Å². The lowest BCUT2D eigenvalue weighted by Gasteiger charge is -1.95. The first kappa shape index (κ1) is 11.5. The van der Waals surface area contributed by atoms with E-state index in [2.05, 4.69) is 40.0 Å². The van der Waals surface area contributed by atoms with E-state index >= 15 is 0 Å². The van der Waals surface area contributed by atoms with Gasteiger partial charge in [-0.25, -0.2) is 4.98 Å². The summed E-state index contributed by atoms with van der Waals surface area (Å²) >= 11 is 3.51. The minimum Gasteiger partial charge on any atom is -0.439 e. The summed E-state index contributed by atoms with van der Waals surface area (Å²) in [6.45, 7) is 2.05. The smallest absolute Gasteiger partial charge is 0.199 e. The van der Waals surface area contributed by atoms with Gasteiger partial charge in [-0.1, -0.05) is 30.3 Å². The largest absolute Gasteiger partial charge is 0.439 e. The van der Waals surface area contributed by atoms with Crippen LogP contribution in [0.15, 0.2) is 51.4 Å². The predicted octanol–water partition coefficient (Wildman–Crippen LogP) is 4.49. The molecule has 0 amide bonds. The number of aryl methyl sites for hydroxylation is 1. The maximum Gasteiger partial charge on any atom is 0.199 e. The molecule has 0 aliphatic heterocycles. The highest BCUT2D eigenvalue weighted by Gasteiger charge is 2.09. The molecule has 0 radical (unpaired) electrons. The highest BCUT2D eigenvalue weighted by molar-refractivity contribution is 9.10. The fourth-order valence-electron chi connectivity index (χ4n) is 2.02. The third-order valence-electron chi connectivity index (χ3n) is 2.83. The number of aromatic nitrogens is 1. The molecule has 0 N–H and O–H groups in total. The van der Waals surface area contributed by atoms with Crippen molar-refractivity contribution in [2.75, 3.05) is 0 Å². The van der Waals surface area contributed by atoms with Gasteiger partial charge >= 0.3 is 0 Å². The Hall–Kier alpha value is -1.61. The van der Waals surface area contributed by atoms with Crippen LogP contribution in [-0.2, 0) is 6.42 Å². The molecule has 3 heteroatoms. The number of fused-ring (bicyclic) bond motifs is 1. The van der Waals surface area contributed by atoms with E-state index in [4.69, 9.17) is 4.42 Å². The van der Waals surface area contributed by atoms with Gasteiger partial charge in [0.1, 0.15) is 5.52 Å². The van der Waals surface area contributed by atoms with E-state index in [1.807, 2.05) is 30.3 Å². The first-order valence-electron chi connectivity index (χ1n) is 5.82. The number of halogens is 1. The van der Waals surface area contributed by atoms with E-state index in [0.717, 1.165) is 27.9 Å². The molecule has 0 spiro atoms. The second-order valence-corrected chi connectivity index (χ2v) is 5.22. The van der Waals surface area contributed by atoms with Gasteiger partial charge in [-0.3, -0.25) is 0 Å². The first-order valence-corrected chi connectivity index (χ1v) is 6.61. The quantitative estimate of drug-likeness (QED) is 0.697. The highest BCUT2D eigenvalue weighted by Crippen LogP contribution is 2.27. The summed E-state index contributed by atoms with van der Waals surface area (Å²) in [4.78, 5) is 4.53. The van der Waals surface area contributed by atoms with E-state index in [-0.39, 0.29) is 0 Å². The molecule has 0 unspecified atom stereocenters. The topological polar surface area (TPSA) is 26.0 Å². The molecular weight excluding hydrogens is 290 g/mol. The molecule has 3 rings (SSSR count). The molecule has 2 aromatic carbocycles. The van der Waals surface area contributed by atoms with Gasteiger partial charge < -0.3 is 4.42 Å². The Bertz CT molecular complexity index is 688. The van der Waals surface area contributed by atoms with Crippen LogP contribution in [0.5, 0.6) is 0 Å². The molecule has 0 aliphatic rings. The van der Waals surface area contributed by atoms with Gasteiger partial charge in [0.15, 0.2) is 11.5 Å². The van der Waals surface area contributed by atoms with Crippen LogP contribution >= 0.6 is 15.9 Å². The van der Waals surface area contributed by atoms with Crippen LogP contribution in [0.2, 0.25) is 0 Å². The zero-order chi connectivity index (χ0) is 12.5. The van der Waals surface area contributed by atoms with E-state index in [1.54, 1.807) is 0 Å². The number of hydrogen-bond donors (Lipinski definition) is 0. The molecule has 0 fully saturated rings. The molecule has 18 heavy (non-hydrogen) atoms. The summed E-state index contributed by atoms with van der Waals surface area (Å²) in [5, 5.41) is 0. The van der Waals surface area contributed by atoms with Gasteiger partial charge in [0.2, 0.25) is 0 Å². The van der Waals surface area contributed by atoms with Crippen molar-refractivity contribution in [3.05, 3.63) is 64.0 Å².